The highest BCUT2D eigenvalue weighted by Gasteiger charge is 2.39. The number of rotatable bonds is 11. The van der Waals surface area contributed by atoms with Crippen molar-refractivity contribution in [1.29, 1.82) is 5.26 Å². The van der Waals surface area contributed by atoms with Gasteiger partial charge in [-0.05, 0) is 35.9 Å². The molecule has 13 heteroatoms. The summed E-state index contributed by atoms with van der Waals surface area (Å²) in [5.41, 5.74) is -1.39. The van der Waals surface area contributed by atoms with Crippen LogP contribution in [0.5, 0.6) is 23.0 Å². The lowest BCUT2D eigenvalue weighted by Gasteiger charge is -2.21. The fraction of sp³-hybridized carbons (Fsp3) is 0.269. The van der Waals surface area contributed by atoms with Gasteiger partial charge in [-0.15, -0.1) is 0 Å². The molecule has 0 aromatic heterocycles. The SMILES string of the molecule is COc1ccc(C(F)CC(F)(F)c2cccc(Oc3cccc(OS(=O)(=O)CCC(F)(F)F)c3)c2C#N)cc1. The van der Waals surface area contributed by atoms with E-state index in [4.69, 9.17) is 9.47 Å². The third kappa shape index (κ3) is 8.28. The number of nitriles is 1. The summed E-state index contributed by atoms with van der Waals surface area (Å²) in [6, 6.07) is 15.1. The Morgan fingerprint density at radius 2 is 1.56 bits per heavy atom. The molecule has 0 radical (unpaired) electrons. The third-order valence-electron chi connectivity index (χ3n) is 5.34. The standard InChI is InChI=1S/C26H21F6NO5S/c1-36-18-10-8-17(9-11-18)23(27)15-25(28,29)22-6-3-7-24(21(22)16-33)37-19-4-2-5-20(14-19)38-39(34,35)13-12-26(30,31)32/h2-11,14,23H,12-13,15H2,1H3. The summed E-state index contributed by atoms with van der Waals surface area (Å²) in [5, 5.41) is 9.61. The molecule has 0 bridgehead atoms. The summed E-state index contributed by atoms with van der Waals surface area (Å²) in [5.74, 6) is -5.58. The van der Waals surface area contributed by atoms with Crippen LogP contribution >= 0.6 is 0 Å². The smallest absolute Gasteiger partial charge is 0.390 e. The molecule has 3 aromatic carbocycles. The van der Waals surface area contributed by atoms with Crippen LogP contribution in [0.4, 0.5) is 26.3 Å². The highest BCUT2D eigenvalue weighted by atomic mass is 32.2. The zero-order valence-corrected chi connectivity index (χ0v) is 21.0. The first-order chi connectivity index (χ1) is 18.2. The monoisotopic (exact) mass is 573 g/mol. The van der Waals surface area contributed by atoms with E-state index in [0.717, 1.165) is 18.2 Å². The predicted molar refractivity (Wildman–Crippen MR) is 128 cm³/mol. The van der Waals surface area contributed by atoms with E-state index in [1.165, 1.54) is 55.6 Å². The molecule has 208 valence electrons. The van der Waals surface area contributed by atoms with E-state index in [2.05, 4.69) is 4.18 Å². The van der Waals surface area contributed by atoms with Crippen LogP contribution in [0.25, 0.3) is 0 Å². The number of hydrogen-bond acceptors (Lipinski definition) is 6. The molecule has 0 saturated carbocycles. The number of methoxy groups -OCH3 is 1. The second-order valence-electron chi connectivity index (χ2n) is 8.23. The first-order valence-electron chi connectivity index (χ1n) is 11.2. The molecule has 6 nitrogen and oxygen atoms in total. The minimum Gasteiger partial charge on any atom is -0.497 e. The fourth-order valence-corrected chi connectivity index (χ4v) is 4.41. The van der Waals surface area contributed by atoms with Gasteiger partial charge in [-0.2, -0.15) is 26.9 Å². The second-order valence-corrected chi connectivity index (χ2v) is 9.92. The van der Waals surface area contributed by atoms with Gasteiger partial charge < -0.3 is 13.7 Å². The van der Waals surface area contributed by atoms with Crippen LogP contribution in [0, 0.1) is 11.3 Å². The van der Waals surface area contributed by atoms with Crippen LogP contribution in [0.1, 0.15) is 35.7 Å². The quantitative estimate of drug-likeness (QED) is 0.178. The molecule has 3 rings (SSSR count). The van der Waals surface area contributed by atoms with Crippen LogP contribution in [0.15, 0.2) is 66.7 Å². The van der Waals surface area contributed by atoms with Gasteiger partial charge in [-0.1, -0.05) is 30.3 Å². The fourth-order valence-electron chi connectivity index (χ4n) is 3.45. The number of nitrogens with zero attached hydrogens (tertiary/aromatic N) is 1. The van der Waals surface area contributed by atoms with Gasteiger partial charge in [0.1, 0.15) is 40.8 Å². The van der Waals surface area contributed by atoms with Gasteiger partial charge in [-0.3, -0.25) is 0 Å². The summed E-state index contributed by atoms with van der Waals surface area (Å²) in [4.78, 5) is 0. The van der Waals surface area contributed by atoms with E-state index in [0.29, 0.717) is 5.75 Å². The van der Waals surface area contributed by atoms with E-state index in [1.807, 2.05) is 0 Å². The first-order valence-corrected chi connectivity index (χ1v) is 12.8. The Bertz CT molecular complexity index is 1440. The lowest BCUT2D eigenvalue weighted by molar-refractivity contribution is -0.130. The van der Waals surface area contributed by atoms with Crippen molar-refractivity contribution in [1.82, 2.24) is 0 Å². The minimum absolute atomic E-state index is 0.0108. The maximum Gasteiger partial charge on any atom is 0.390 e. The summed E-state index contributed by atoms with van der Waals surface area (Å²) in [6.07, 6.45) is -9.67. The average molecular weight is 574 g/mol. The molecule has 0 saturated heterocycles. The van der Waals surface area contributed by atoms with Crippen LogP contribution in [0.2, 0.25) is 0 Å². The maximum absolute atomic E-state index is 15.2. The molecule has 0 aliphatic carbocycles. The molecule has 0 N–H and O–H groups in total. The number of halogens is 6. The highest BCUT2D eigenvalue weighted by molar-refractivity contribution is 7.87. The molecular formula is C26H21F6NO5S. The topological polar surface area (TPSA) is 85.6 Å². The number of alkyl halides is 6. The highest BCUT2D eigenvalue weighted by Crippen LogP contribution is 2.43. The minimum atomic E-state index is -4.71. The van der Waals surface area contributed by atoms with Gasteiger partial charge in [0.15, 0.2) is 0 Å². The Balaban J connectivity index is 1.81. The van der Waals surface area contributed by atoms with E-state index in [9.17, 15) is 31.2 Å². The second kappa shape index (κ2) is 11.9. The number of ether oxygens (including phenoxy) is 2. The summed E-state index contributed by atoms with van der Waals surface area (Å²) in [6.45, 7) is 0. The van der Waals surface area contributed by atoms with Crippen molar-refractivity contribution in [2.24, 2.45) is 0 Å². The van der Waals surface area contributed by atoms with Crippen molar-refractivity contribution in [3.63, 3.8) is 0 Å². The molecule has 1 unspecified atom stereocenters. The summed E-state index contributed by atoms with van der Waals surface area (Å²) in [7, 11) is -3.20. The van der Waals surface area contributed by atoms with Crippen molar-refractivity contribution in [2.45, 2.75) is 31.1 Å². The largest absolute Gasteiger partial charge is 0.497 e. The van der Waals surface area contributed by atoms with Gasteiger partial charge in [0, 0.05) is 11.6 Å². The Hall–Kier alpha value is -3.92. The Morgan fingerprint density at radius 3 is 2.18 bits per heavy atom. The molecule has 0 aliphatic heterocycles. The molecule has 0 spiro atoms. The van der Waals surface area contributed by atoms with E-state index in [-0.39, 0.29) is 17.1 Å². The molecule has 0 aliphatic rings. The van der Waals surface area contributed by atoms with Crippen LogP contribution in [-0.2, 0) is 16.0 Å². The molecule has 0 heterocycles. The van der Waals surface area contributed by atoms with Gasteiger partial charge in [-0.25, -0.2) is 13.2 Å². The molecule has 0 fully saturated rings. The molecular weight excluding hydrogens is 552 g/mol. The van der Waals surface area contributed by atoms with Crippen LogP contribution in [-0.4, -0.2) is 27.5 Å². The van der Waals surface area contributed by atoms with Gasteiger partial charge in [0.2, 0.25) is 0 Å². The van der Waals surface area contributed by atoms with Crippen molar-refractivity contribution < 1.29 is 48.4 Å². The molecule has 1 atom stereocenters. The molecule has 39 heavy (non-hydrogen) atoms. The average Bonchev–Trinajstić information content (AvgIpc) is 2.87. The Labute approximate surface area is 220 Å². The van der Waals surface area contributed by atoms with Gasteiger partial charge in [0.25, 0.3) is 5.92 Å². The number of benzene rings is 3. The zero-order chi connectivity index (χ0) is 28.8. The van der Waals surface area contributed by atoms with E-state index < -0.39 is 63.9 Å². The maximum atomic E-state index is 15.2. The summed E-state index contributed by atoms with van der Waals surface area (Å²) < 4.78 is 121. The normalized spacial score (nSPS) is 12.9. The van der Waals surface area contributed by atoms with Crippen LogP contribution in [0.3, 0.4) is 0 Å². The van der Waals surface area contributed by atoms with E-state index in [1.54, 1.807) is 6.07 Å². The molecule has 0 amide bonds. The Kier molecular flexibility index (Phi) is 9.01. The summed E-state index contributed by atoms with van der Waals surface area (Å²) >= 11 is 0. The Morgan fingerprint density at radius 1 is 0.923 bits per heavy atom. The van der Waals surface area contributed by atoms with Crippen LogP contribution < -0.4 is 13.7 Å². The van der Waals surface area contributed by atoms with Crippen molar-refractivity contribution >= 4 is 10.1 Å². The zero-order valence-electron chi connectivity index (χ0n) is 20.2. The van der Waals surface area contributed by atoms with Gasteiger partial charge >= 0.3 is 16.3 Å². The first kappa shape index (κ1) is 29.6. The van der Waals surface area contributed by atoms with Crippen molar-refractivity contribution in [2.75, 3.05) is 12.9 Å². The predicted octanol–water partition coefficient (Wildman–Crippen LogP) is 7.21. The lowest BCUT2D eigenvalue weighted by atomic mass is 9.95. The van der Waals surface area contributed by atoms with Crippen molar-refractivity contribution in [3.05, 3.63) is 83.4 Å². The van der Waals surface area contributed by atoms with E-state index >= 15 is 8.78 Å². The lowest BCUT2D eigenvalue weighted by Crippen LogP contribution is -2.20. The van der Waals surface area contributed by atoms with Crippen molar-refractivity contribution in [3.8, 4) is 29.1 Å². The van der Waals surface area contributed by atoms with Gasteiger partial charge in [0.05, 0.1) is 25.7 Å². The number of hydrogen-bond donors (Lipinski definition) is 0. The molecule has 3 aromatic rings. The third-order valence-corrected chi connectivity index (χ3v) is 6.49.